The molecule has 1 amide bonds. The predicted octanol–water partition coefficient (Wildman–Crippen LogP) is 2.60. The van der Waals surface area contributed by atoms with E-state index in [0.29, 0.717) is 0 Å². The van der Waals surface area contributed by atoms with Crippen LogP contribution < -0.4 is 5.32 Å². The van der Waals surface area contributed by atoms with Gasteiger partial charge < -0.3 is 10.1 Å². The van der Waals surface area contributed by atoms with Crippen molar-refractivity contribution in [2.75, 3.05) is 20.3 Å². The molecular weight excluding hydrogens is 190 g/mol. The van der Waals surface area contributed by atoms with Crippen molar-refractivity contribution in [3.05, 3.63) is 0 Å². The number of methoxy groups -OCH3 is 1. The first-order chi connectivity index (χ1) is 7.18. The minimum atomic E-state index is 0. The molecule has 0 atom stereocenters. The molecule has 0 aromatic rings. The smallest absolute Gasteiger partial charge is 0.222 e. The van der Waals surface area contributed by atoms with Crippen molar-refractivity contribution in [3.8, 4) is 0 Å². The third kappa shape index (κ3) is 9.73. The van der Waals surface area contributed by atoms with Crippen LogP contribution in [0.15, 0.2) is 0 Å². The summed E-state index contributed by atoms with van der Waals surface area (Å²) in [4.78, 5) is 11.2. The van der Waals surface area contributed by atoms with Crippen molar-refractivity contribution in [3.63, 3.8) is 0 Å². The van der Waals surface area contributed by atoms with Gasteiger partial charge in [0.05, 0.1) is 0 Å². The molecule has 0 saturated carbocycles. The zero-order valence-corrected chi connectivity index (χ0v) is 10.3. The van der Waals surface area contributed by atoms with Crippen LogP contribution in [-0.2, 0) is 9.53 Å². The van der Waals surface area contributed by atoms with Crippen molar-refractivity contribution in [1.29, 1.82) is 0 Å². The Kier molecular flexibility index (Phi) is 9.59. The Morgan fingerprint density at radius 3 is 2.40 bits per heavy atom. The van der Waals surface area contributed by atoms with Gasteiger partial charge >= 0.3 is 0 Å². The van der Waals surface area contributed by atoms with Gasteiger partial charge in [-0.25, -0.2) is 0 Å². The standard InChI is InChI=1S/C12H25NO2.H2/c1-11(2)12(14)13-9-7-5-4-6-8-10-15-3;/h11H,4-10H2,1-3H3,(H,13,14);1H. The van der Waals surface area contributed by atoms with Crippen LogP contribution in [0.2, 0.25) is 0 Å². The van der Waals surface area contributed by atoms with Crippen molar-refractivity contribution in [1.82, 2.24) is 5.32 Å². The van der Waals surface area contributed by atoms with E-state index in [1.807, 2.05) is 13.8 Å². The van der Waals surface area contributed by atoms with E-state index in [2.05, 4.69) is 5.32 Å². The largest absolute Gasteiger partial charge is 0.385 e. The van der Waals surface area contributed by atoms with E-state index in [0.717, 1.165) is 26.0 Å². The fourth-order valence-corrected chi connectivity index (χ4v) is 1.32. The topological polar surface area (TPSA) is 38.3 Å². The number of carbonyl (C=O) groups excluding carboxylic acids is 1. The van der Waals surface area contributed by atoms with Gasteiger partial charge in [-0.2, -0.15) is 0 Å². The quantitative estimate of drug-likeness (QED) is 0.603. The van der Waals surface area contributed by atoms with E-state index in [1.54, 1.807) is 7.11 Å². The molecule has 3 heteroatoms. The fourth-order valence-electron chi connectivity index (χ4n) is 1.32. The molecule has 0 rings (SSSR count). The van der Waals surface area contributed by atoms with Gasteiger partial charge in [-0.05, 0) is 12.8 Å². The summed E-state index contributed by atoms with van der Waals surface area (Å²) in [6.45, 7) is 5.52. The molecule has 0 bridgehead atoms. The van der Waals surface area contributed by atoms with Gasteiger partial charge in [0.1, 0.15) is 0 Å². The van der Waals surface area contributed by atoms with Crippen molar-refractivity contribution >= 4 is 5.91 Å². The number of rotatable bonds is 9. The first-order valence-electron chi connectivity index (χ1n) is 5.95. The molecule has 0 fully saturated rings. The van der Waals surface area contributed by atoms with Gasteiger partial charge in [-0.3, -0.25) is 4.79 Å². The third-order valence-electron chi connectivity index (χ3n) is 2.35. The van der Waals surface area contributed by atoms with Crippen LogP contribution in [0.25, 0.3) is 0 Å². The maximum Gasteiger partial charge on any atom is 0.222 e. The molecule has 0 heterocycles. The van der Waals surface area contributed by atoms with Gasteiger partial charge in [0.25, 0.3) is 0 Å². The third-order valence-corrected chi connectivity index (χ3v) is 2.35. The summed E-state index contributed by atoms with van der Waals surface area (Å²) < 4.78 is 4.97. The molecule has 0 aromatic heterocycles. The summed E-state index contributed by atoms with van der Waals surface area (Å²) in [5.74, 6) is 0.265. The average molecular weight is 217 g/mol. The summed E-state index contributed by atoms with van der Waals surface area (Å²) in [5, 5.41) is 2.92. The minimum absolute atomic E-state index is 0. The van der Waals surface area contributed by atoms with E-state index >= 15 is 0 Å². The molecule has 0 aromatic carbocycles. The van der Waals surface area contributed by atoms with Crippen molar-refractivity contribution in [2.24, 2.45) is 5.92 Å². The monoisotopic (exact) mass is 217 g/mol. The number of nitrogens with one attached hydrogen (secondary N) is 1. The normalized spacial score (nSPS) is 10.7. The van der Waals surface area contributed by atoms with E-state index in [9.17, 15) is 4.79 Å². The summed E-state index contributed by atoms with van der Waals surface area (Å²) in [6.07, 6.45) is 5.90. The Morgan fingerprint density at radius 1 is 1.20 bits per heavy atom. The SMILES string of the molecule is COCCCCCCCNC(=O)C(C)C.[HH]. The number of hydrogen-bond acceptors (Lipinski definition) is 2. The highest BCUT2D eigenvalue weighted by Crippen LogP contribution is 2.02. The lowest BCUT2D eigenvalue weighted by atomic mass is 10.1. The summed E-state index contributed by atoms with van der Waals surface area (Å²) >= 11 is 0. The Bertz CT molecular complexity index is 163. The molecule has 1 N–H and O–H groups in total. The van der Waals surface area contributed by atoms with Crippen LogP contribution in [-0.4, -0.2) is 26.2 Å². The number of ether oxygens (including phenoxy) is 1. The van der Waals surface area contributed by atoms with Gasteiger partial charge in [-0.1, -0.05) is 33.1 Å². The zero-order valence-electron chi connectivity index (χ0n) is 10.3. The van der Waals surface area contributed by atoms with Crippen LogP contribution in [0.3, 0.4) is 0 Å². The Balaban J connectivity index is 0. The fraction of sp³-hybridized carbons (Fsp3) is 0.917. The molecule has 0 aliphatic heterocycles. The summed E-state index contributed by atoms with van der Waals surface area (Å²) in [6, 6.07) is 0. The first-order valence-corrected chi connectivity index (χ1v) is 5.95. The van der Waals surface area contributed by atoms with Crippen LogP contribution in [0.1, 0.15) is 47.4 Å². The molecule has 0 unspecified atom stereocenters. The maximum atomic E-state index is 11.2. The van der Waals surface area contributed by atoms with Gasteiger partial charge in [0.15, 0.2) is 0 Å². The van der Waals surface area contributed by atoms with E-state index in [4.69, 9.17) is 4.74 Å². The molecular formula is C12H27NO2. The van der Waals surface area contributed by atoms with E-state index in [-0.39, 0.29) is 13.3 Å². The van der Waals surface area contributed by atoms with E-state index in [1.165, 1.54) is 19.3 Å². The molecule has 0 spiro atoms. The molecule has 0 aliphatic carbocycles. The Morgan fingerprint density at radius 2 is 1.80 bits per heavy atom. The average Bonchev–Trinajstić information content (AvgIpc) is 2.21. The molecule has 3 nitrogen and oxygen atoms in total. The van der Waals surface area contributed by atoms with Crippen molar-refractivity contribution < 1.29 is 11.0 Å². The lowest BCUT2D eigenvalue weighted by molar-refractivity contribution is -0.123. The second-order valence-corrected chi connectivity index (χ2v) is 4.21. The number of hydrogen-bond donors (Lipinski definition) is 1. The van der Waals surface area contributed by atoms with Crippen LogP contribution in [0, 0.1) is 5.92 Å². The highest BCUT2D eigenvalue weighted by molar-refractivity contribution is 5.77. The zero-order chi connectivity index (χ0) is 11.5. The number of unbranched alkanes of at least 4 members (excludes halogenated alkanes) is 4. The highest BCUT2D eigenvalue weighted by Gasteiger charge is 2.04. The lowest BCUT2D eigenvalue weighted by Crippen LogP contribution is -2.28. The van der Waals surface area contributed by atoms with Crippen molar-refractivity contribution in [2.45, 2.75) is 46.0 Å². The second-order valence-electron chi connectivity index (χ2n) is 4.21. The van der Waals surface area contributed by atoms with Gasteiger partial charge in [0, 0.05) is 27.6 Å². The lowest BCUT2D eigenvalue weighted by Gasteiger charge is -2.07. The van der Waals surface area contributed by atoms with Gasteiger partial charge in [0.2, 0.25) is 5.91 Å². The second kappa shape index (κ2) is 9.97. The molecule has 0 radical (unpaired) electrons. The molecule has 0 aliphatic rings. The number of amides is 1. The Labute approximate surface area is 95.1 Å². The Hall–Kier alpha value is -0.570. The first kappa shape index (κ1) is 14.4. The van der Waals surface area contributed by atoms with Crippen LogP contribution in [0.5, 0.6) is 0 Å². The summed E-state index contributed by atoms with van der Waals surface area (Å²) in [5.41, 5.74) is 0. The number of carbonyl (C=O) groups is 1. The minimum Gasteiger partial charge on any atom is -0.385 e. The van der Waals surface area contributed by atoms with Crippen LogP contribution >= 0.6 is 0 Å². The molecule has 0 saturated heterocycles. The highest BCUT2D eigenvalue weighted by atomic mass is 16.5. The molecule has 15 heavy (non-hydrogen) atoms. The van der Waals surface area contributed by atoms with Gasteiger partial charge in [-0.15, -0.1) is 0 Å². The van der Waals surface area contributed by atoms with Crippen LogP contribution in [0.4, 0.5) is 0 Å². The maximum absolute atomic E-state index is 11.2. The summed E-state index contributed by atoms with van der Waals surface area (Å²) in [7, 11) is 1.74. The molecule has 92 valence electrons. The predicted molar refractivity (Wildman–Crippen MR) is 64.9 cm³/mol. The van der Waals surface area contributed by atoms with E-state index < -0.39 is 0 Å².